The van der Waals surface area contributed by atoms with Gasteiger partial charge < -0.3 is 15.7 Å². The standard InChI is InChI=1S/C14H25N3O/c1-4-5-6-17(7-8-18)14-13(10-15)11(2)9-12(3)16-14/h9,18H,4-8,10,15H2,1-3H3. The molecule has 0 saturated heterocycles. The zero-order valence-corrected chi connectivity index (χ0v) is 11.7. The van der Waals surface area contributed by atoms with Crippen LogP contribution in [0.4, 0.5) is 5.82 Å². The number of aryl methyl sites for hydroxylation is 2. The Bertz CT molecular complexity index is 380. The van der Waals surface area contributed by atoms with Gasteiger partial charge in [0.25, 0.3) is 0 Å². The zero-order valence-electron chi connectivity index (χ0n) is 11.7. The molecule has 0 saturated carbocycles. The van der Waals surface area contributed by atoms with Crippen molar-refractivity contribution >= 4 is 5.82 Å². The maximum Gasteiger partial charge on any atom is 0.133 e. The second kappa shape index (κ2) is 7.34. The molecular weight excluding hydrogens is 226 g/mol. The number of pyridine rings is 1. The normalized spacial score (nSPS) is 10.7. The van der Waals surface area contributed by atoms with E-state index in [9.17, 15) is 5.11 Å². The molecule has 4 nitrogen and oxygen atoms in total. The van der Waals surface area contributed by atoms with Crippen LogP contribution in [0.2, 0.25) is 0 Å². The van der Waals surface area contributed by atoms with Crippen molar-refractivity contribution < 1.29 is 5.11 Å². The molecule has 0 atom stereocenters. The summed E-state index contributed by atoms with van der Waals surface area (Å²) in [5, 5.41) is 9.20. The predicted molar refractivity (Wildman–Crippen MR) is 75.8 cm³/mol. The van der Waals surface area contributed by atoms with E-state index in [1.807, 2.05) is 6.92 Å². The summed E-state index contributed by atoms with van der Waals surface area (Å²) in [5.74, 6) is 0.942. The van der Waals surface area contributed by atoms with Crippen LogP contribution in [-0.4, -0.2) is 29.8 Å². The molecule has 18 heavy (non-hydrogen) atoms. The fraction of sp³-hybridized carbons (Fsp3) is 0.643. The van der Waals surface area contributed by atoms with Crippen LogP contribution in [0.1, 0.15) is 36.6 Å². The topological polar surface area (TPSA) is 62.4 Å². The Morgan fingerprint density at radius 3 is 2.61 bits per heavy atom. The number of rotatable bonds is 7. The summed E-state index contributed by atoms with van der Waals surface area (Å²) in [5.41, 5.74) is 9.10. The van der Waals surface area contributed by atoms with E-state index in [0.717, 1.165) is 36.5 Å². The van der Waals surface area contributed by atoms with Crippen LogP contribution in [0.5, 0.6) is 0 Å². The zero-order chi connectivity index (χ0) is 13.5. The van der Waals surface area contributed by atoms with Crippen molar-refractivity contribution in [1.82, 2.24) is 4.98 Å². The Hall–Kier alpha value is -1.13. The minimum Gasteiger partial charge on any atom is -0.395 e. The van der Waals surface area contributed by atoms with Gasteiger partial charge in [0.1, 0.15) is 5.82 Å². The Balaban J connectivity index is 3.08. The maximum atomic E-state index is 9.20. The van der Waals surface area contributed by atoms with Crippen LogP contribution in [0.3, 0.4) is 0 Å². The highest BCUT2D eigenvalue weighted by molar-refractivity contribution is 5.51. The van der Waals surface area contributed by atoms with Crippen molar-refractivity contribution in [3.63, 3.8) is 0 Å². The number of hydrogen-bond acceptors (Lipinski definition) is 4. The minimum absolute atomic E-state index is 0.141. The molecule has 0 aromatic carbocycles. The number of aliphatic hydroxyl groups excluding tert-OH is 1. The molecule has 1 aromatic heterocycles. The molecule has 0 amide bonds. The molecule has 0 radical (unpaired) electrons. The number of hydrogen-bond donors (Lipinski definition) is 2. The first-order valence-corrected chi connectivity index (χ1v) is 6.67. The summed E-state index contributed by atoms with van der Waals surface area (Å²) < 4.78 is 0. The largest absolute Gasteiger partial charge is 0.395 e. The number of nitrogens with two attached hydrogens (primary N) is 1. The number of aromatic nitrogens is 1. The van der Waals surface area contributed by atoms with Gasteiger partial charge in [-0.1, -0.05) is 13.3 Å². The summed E-state index contributed by atoms with van der Waals surface area (Å²) in [6.07, 6.45) is 2.23. The van der Waals surface area contributed by atoms with Crippen molar-refractivity contribution in [1.29, 1.82) is 0 Å². The number of unbranched alkanes of at least 4 members (excludes halogenated alkanes) is 1. The third kappa shape index (κ3) is 3.68. The van der Waals surface area contributed by atoms with Gasteiger partial charge in [-0.3, -0.25) is 0 Å². The summed E-state index contributed by atoms with van der Waals surface area (Å²) >= 11 is 0. The molecular formula is C14H25N3O. The summed E-state index contributed by atoms with van der Waals surface area (Å²) in [7, 11) is 0. The van der Waals surface area contributed by atoms with Crippen molar-refractivity contribution in [3.05, 3.63) is 22.9 Å². The summed E-state index contributed by atoms with van der Waals surface area (Å²) in [4.78, 5) is 6.76. The quantitative estimate of drug-likeness (QED) is 0.775. The van der Waals surface area contributed by atoms with Crippen LogP contribution in [-0.2, 0) is 6.54 Å². The molecule has 0 aliphatic rings. The Morgan fingerprint density at radius 1 is 1.33 bits per heavy atom. The van der Waals surface area contributed by atoms with E-state index in [2.05, 4.69) is 29.8 Å². The maximum absolute atomic E-state index is 9.20. The molecule has 0 aliphatic carbocycles. The monoisotopic (exact) mass is 251 g/mol. The lowest BCUT2D eigenvalue weighted by atomic mass is 10.1. The highest BCUT2D eigenvalue weighted by Crippen LogP contribution is 2.22. The molecule has 0 spiro atoms. The SMILES string of the molecule is CCCCN(CCO)c1nc(C)cc(C)c1CN. The predicted octanol–water partition coefficient (Wildman–Crippen LogP) is 1.76. The van der Waals surface area contributed by atoms with E-state index in [1.165, 1.54) is 5.56 Å². The Kier molecular flexibility index (Phi) is 6.09. The van der Waals surface area contributed by atoms with E-state index in [0.29, 0.717) is 13.1 Å². The van der Waals surface area contributed by atoms with Gasteiger partial charge in [-0.15, -0.1) is 0 Å². The van der Waals surface area contributed by atoms with Crippen molar-refractivity contribution in [2.75, 3.05) is 24.6 Å². The van der Waals surface area contributed by atoms with Crippen LogP contribution in [0, 0.1) is 13.8 Å². The van der Waals surface area contributed by atoms with Crippen LogP contribution in [0.25, 0.3) is 0 Å². The summed E-state index contributed by atoms with van der Waals surface area (Å²) in [6.45, 7) is 8.38. The molecule has 3 N–H and O–H groups in total. The van der Waals surface area contributed by atoms with E-state index >= 15 is 0 Å². The smallest absolute Gasteiger partial charge is 0.133 e. The van der Waals surface area contributed by atoms with E-state index < -0.39 is 0 Å². The average Bonchev–Trinajstić information content (AvgIpc) is 2.33. The van der Waals surface area contributed by atoms with Crippen LogP contribution >= 0.6 is 0 Å². The molecule has 1 heterocycles. The number of aliphatic hydroxyl groups is 1. The van der Waals surface area contributed by atoms with Gasteiger partial charge in [0.05, 0.1) is 6.61 Å². The number of anilines is 1. The summed E-state index contributed by atoms with van der Waals surface area (Å²) in [6, 6.07) is 2.06. The second-order valence-corrected chi connectivity index (χ2v) is 4.65. The third-order valence-corrected chi connectivity index (χ3v) is 3.11. The number of nitrogens with zero attached hydrogens (tertiary/aromatic N) is 2. The highest BCUT2D eigenvalue weighted by Gasteiger charge is 2.14. The van der Waals surface area contributed by atoms with Gasteiger partial charge in [-0.25, -0.2) is 4.98 Å². The minimum atomic E-state index is 0.141. The molecule has 0 aliphatic heterocycles. The first kappa shape index (κ1) is 14.9. The van der Waals surface area contributed by atoms with Gasteiger partial charge in [-0.2, -0.15) is 0 Å². The molecule has 4 heteroatoms. The van der Waals surface area contributed by atoms with E-state index in [4.69, 9.17) is 5.73 Å². The fourth-order valence-electron chi connectivity index (χ4n) is 2.15. The van der Waals surface area contributed by atoms with Gasteiger partial charge in [0.2, 0.25) is 0 Å². The van der Waals surface area contributed by atoms with Crippen LogP contribution < -0.4 is 10.6 Å². The Morgan fingerprint density at radius 2 is 2.06 bits per heavy atom. The fourth-order valence-corrected chi connectivity index (χ4v) is 2.15. The highest BCUT2D eigenvalue weighted by atomic mass is 16.3. The molecule has 1 rings (SSSR count). The third-order valence-electron chi connectivity index (χ3n) is 3.11. The molecule has 0 fully saturated rings. The molecule has 0 bridgehead atoms. The molecule has 102 valence electrons. The first-order chi connectivity index (χ1) is 8.63. The Labute approximate surface area is 110 Å². The van der Waals surface area contributed by atoms with Crippen molar-refractivity contribution in [3.8, 4) is 0 Å². The molecule has 0 unspecified atom stereocenters. The van der Waals surface area contributed by atoms with Crippen molar-refractivity contribution in [2.24, 2.45) is 5.73 Å². The first-order valence-electron chi connectivity index (χ1n) is 6.67. The van der Waals surface area contributed by atoms with Gasteiger partial charge in [0.15, 0.2) is 0 Å². The lowest BCUT2D eigenvalue weighted by Crippen LogP contribution is -2.30. The average molecular weight is 251 g/mol. The van der Waals surface area contributed by atoms with E-state index in [1.54, 1.807) is 0 Å². The van der Waals surface area contributed by atoms with Gasteiger partial charge >= 0.3 is 0 Å². The van der Waals surface area contributed by atoms with Crippen LogP contribution in [0.15, 0.2) is 6.07 Å². The van der Waals surface area contributed by atoms with Gasteiger partial charge in [-0.05, 0) is 31.9 Å². The van der Waals surface area contributed by atoms with Gasteiger partial charge in [0, 0.05) is 30.9 Å². The molecule has 1 aromatic rings. The van der Waals surface area contributed by atoms with E-state index in [-0.39, 0.29) is 6.61 Å². The second-order valence-electron chi connectivity index (χ2n) is 4.65. The lowest BCUT2D eigenvalue weighted by molar-refractivity contribution is 0.301. The van der Waals surface area contributed by atoms with Crippen molar-refractivity contribution in [2.45, 2.75) is 40.2 Å². The lowest BCUT2D eigenvalue weighted by Gasteiger charge is -2.26.